The second-order valence-electron chi connectivity index (χ2n) is 5.75. The van der Waals surface area contributed by atoms with E-state index in [1.165, 1.54) is 18.2 Å². The second-order valence-corrected chi connectivity index (χ2v) is 6.92. The summed E-state index contributed by atoms with van der Waals surface area (Å²) in [4.78, 5) is 25.7. The summed E-state index contributed by atoms with van der Waals surface area (Å²) in [6, 6.07) is 8.59. The molecule has 1 aliphatic heterocycles. The van der Waals surface area contributed by atoms with Crippen molar-refractivity contribution in [3.63, 3.8) is 0 Å². The highest BCUT2D eigenvalue weighted by Crippen LogP contribution is 2.33. The molecule has 0 saturated carbocycles. The average Bonchev–Trinajstić information content (AvgIpc) is 2.88. The van der Waals surface area contributed by atoms with Gasteiger partial charge in [0.25, 0.3) is 5.91 Å². The molecule has 0 aromatic heterocycles. The van der Waals surface area contributed by atoms with Gasteiger partial charge in [-0.05, 0) is 59.4 Å². The standard InChI is InChI=1S/C19H16FIN2O4/c1-2-27-16-9-11(7-14(21)17(16)24)8-15-18(25)23(19(26)22-15)10-12-5-3-4-6-13(12)20/h3-9,24H,2,10H2,1H3,(H,22,26)/b15-8+. The SMILES string of the molecule is CCOc1cc(/C=C2/NC(=O)N(Cc3ccccc3F)C2=O)cc(I)c1O. The van der Waals surface area contributed by atoms with Crippen LogP contribution in [0.1, 0.15) is 18.1 Å². The Bertz CT molecular complexity index is 945. The molecule has 1 saturated heterocycles. The molecule has 0 spiro atoms. The first-order valence-corrected chi connectivity index (χ1v) is 9.21. The van der Waals surface area contributed by atoms with Gasteiger partial charge in [-0.3, -0.25) is 9.69 Å². The molecule has 2 aromatic carbocycles. The van der Waals surface area contributed by atoms with Gasteiger partial charge in [-0.15, -0.1) is 0 Å². The van der Waals surface area contributed by atoms with Gasteiger partial charge in [-0.2, -0.15) is 0 Å². The molecule has 140 valence electrons. The Morgan fingerprint density at radius 1 is 1.30 bits per heavy atom. The lowest BCUT2D eigenvalue weighted by molar-refractivity contribution is -0.123. The summed E-state index contributed by atoms with van der Waals surface area (Å²) in [6.07, 6.45) is 1.49. The van der Waals surface area contributed by atoms with E-state index in [-0.39, 0.29) is 29.3 Å². The lowest BCUT2D eigenvalue weighted by Gasteiger charge is -2.12. The van der Waals surface area contributed by atoms with Gasteiger partial charge in [0.15, 0.2) is 11.5 Å². The van der Waals surface area contributed by atoms with Crippen molar-refractivity contribution in [3.8, 4) is 11.5 Å². The number of phenols is 1. The number of nitrogens with one attached hydrogen (secondary N) is 1. The summed E-state index contributed by atoms with van der Waals surface area (Å²) in [6.45, 7) is 2.00. The Hall–Kier alpha value is -2.62. The maximum absolute atomic E-state index is 13.8. The molecule has 1 heterocycles. The number of carbonyl (C=O) groups excluding carboxylic acids is 2. The highest BCUT2D eigenvalue weighted by atomic mass is 127. The van der Waals surface area contributed by atoms with E-state index in [4.69, 9.17) is 4.74 Å². The van der Waals surface area contributed by atoms with Gasteiger partial charge in [-0.25, -0.2) is 9.18 Å². The van der Waals surface area contributed by atoms with Crippen LogP contribution in [0.25, 0.3) is 6.08 Å². The minimum atomic E-state index is -0.618. The molecule has 1 fully saturated rings. The molecule has 3 rings (SSSR count). The fourth-order valence-corrected chi connectivity index (χ4v) is 3.25. The molecule has 27 heavy (non-hydrogen) atoms. The number of hydrogen-bond acceptors (Lipinski definition) is 4. The number of halogens is 2. The summed E-state index contributed by atoms with van der Waals surface area (Å²) < 4.78 is 19.7. The van der Waals surface area contributed by atoms with Crippen LogP contribution >= 0.6 is 22.6 Å². The number of phenolic OH excluding ortho intramolecular Hbond substituents is 1. The third kappa shape index (κ3) is 4.05. The maximum atomic E-state index is 13.8. The number of benzene rings is 2. The number of carbonyl (C=O) groups is 2. The summed E-state index contributed by atoms with van der Waals surface area (Å²) in [5, 5.41) is 12.5. The fraction of sp³-hybridized carbons (Fsp3) is 0.158. The quantitative estimate of drug-likeness (QED) is 0.388. The number of urea groups is 1. The van der Waals surface area contributed by atoms with Crippen LogP contribution in [-0.4, -0.2) is 28.6 Å². The van der Waals surface area contributed by atoms with Gasteiger partial charge in [-0.1, -0.05) is 18.2 Å². The zero-order valence-electron chi connectivity index (χ0n) is 14.3. The summed E-state index contributed by atoms with van der Waals surface area (Å²) in [5.74, 6) is -0.729. The fourth-order valence-electron chi connectivity index (χ4n) is 2.62. The molecule has 0 atom stereocenters. The van der Waals surface area contributed by atoms with Crippen LogP contribution in [0.3, 0.4) is 0 Å². The first-order valence-electron chi connectivity index (χ1n) is 8.14. The van der Waals surface area contributed by atoms with Crippen LogP contribution in [0.2, 0.25) is 0 Å². The van der Waals surface area contributed by atoms with Crippen molar-refractivity contribution in [2.45, 2.75) is 13.5 Å². The smallest absolute Gasteiger partial charge is 0.329 e. The van der Waals surface area contributed by atoms with Crippen LogP contribution < -0.4 is 10.1 Å². The Morgan fingerprint density at radius 2 is 2.04 bits per heavy atom. The molecule has 0 unspecified atom stereocenters. The minimum absolute atomic E-state index is 0.0163. The third-order valence-corrected chi connectivity index (χ3v) is 4.73. The highest BCUT2D eigenvalue weighted by Gasteiger charge is 2.34. The van der Waals surface area contributed by atoms with E-state index in [1.54, 1.807) is 31.2 Å². The number of nitrogens with zero attached hydrogens (tertiary/aromatic N) is 1. The van der Waals surface area contributed by atoms with Crippen molar-refractivity contribution < 1.29 is 23.8 Å². The zero-order chi connectivity index (χ0) is 19.6. The molecule has 2 aromatic rings. The number of rotatable bonds is 5. The normalized spacial score (nSPS) is 15.4. The van der Waals surface area contributed by atoms with Gasteiger partial charge >= 0.3 is 6.03 Å². The van der Waals surface area contributed by atoms with Crippen molar-refractivity contribution >= 4 is 40.6 Å². The number of imide groups is 1. The van der Waals surface area contributed by atoms with E-state index < -0.39 is 17.8 Å². The van der Waals surface area contributed by atoms with Gasteiger partial charge in [0.1, 0.15) is 11.5 Å². The first kappa shape index (κ1) is 19.2. The van der Waals surface area contributed by atoms with Gasteiger partial charge in [0, 0.05) is 5.56 Å². The molecule has 0 bridgehead atoms. The van der Waals surface area contributed by atoms with Crippen molar-refractivity contribution in [2.24, 2.45) is 0 Å². The lowest BCUT2D eigenvalue weighted by Crippen LogP contribution is -2.30. The van der Waals surface area contributed by atoms with E-state index >= 15 is 0 Å². The molecule has 0 radical (unpaired) electrons. The van der Waals surface area contributed by atoms with Crippen LogP contribution in [0.15, 0.2) is 42.1 Å². The van der Waals surface area contributed by atoms with E-state index in [1.807, 2.05) is 22.6 Å². The van der Waals surface area contributed by atoms with E-state index in [9.17, 15) is 19.1 Å². The number of amides is 3. The van der Waals surface area contributed by atoms with Crippen LogP contribution in [0.5, 0.6) is 11.5 Å². The Labute approximate surface area is 168 Å². The average molecular weight is 482 g/mol. The highest BCUT2D eigenvalue weighted by molar-refractivity contribution is 14.1. The van der Waals surface area contributed by atoms with Crippen molar-refractivity contribution in [3.05, 3.63) is 62.6 Å². The summed E-state index contributed by atoms with van der Waals surface area (Å²) in [7, 11) is 0. The minimum Gasteiger partial charge on any atom is -0.504 e. The Balaban J connectivity index is 1.87. The molecular formula is C19H16FIN2O4. The molecular weight excluding hydrogens is 466 g/mol. The topological polar surface area (TPSA) is 78.9 Å². The van der Waals surface area contributed by atoms with Crippen LogP contribution in [0.4, 0.5) is 9.18 Å². The summed E-state index contributed by atoms with van der Waals surface area (Å²) >= 11 is 1.95. The van der Waals surface area contributed by atoms with Gasteiger partial charge in [0.2, 0.25) is 0 Å². The molecule has 1 aliphatic rings. The number of ether oxygens (including phenoxy) is 1. The number of aromatic hydroxyl groups is 1. The monoisotopic (exact) mass is 482 g/mol. The summed E-state index contributed by atoms with van der Waals surface area (Å²) in [5.41, 5.74) is 0.900. The first-order chi connectivity index (χ1) is 12.9. The van der Waals surface area contributed by atoms with Crippen LogP contribution in [-0.2, 0) is 11.3 Å². The molecule has 8 heteroatoms. The molecule has 2 N–H and O–H groups in total. The lowest BCUT2D eigenvalue weighted by atomic mass is 10.1. The number of hydrogen-bond donors (Lipinski definition) is 2. The predicted octanol–water partition coefficient (Wildman–Crippen LogP) is 3.63. The zero-order valence-corrected chi connectivity index (χ0v) is 16.5. The maximum Gasteiger partial charge on any atom is 0.329 e. The van der Waals surface area contributed by atoms with Gasteiger partial charge < -0.3 is 15.2 Å². The van der Waals surface area contributed by atoms with E-state index in [2.05, 4.69) is 5.32 Å². The third-order valence-electron chi connectivity index (χ3n) is 3.91. The largest absolute Gasteiger partial charge is 0.504 e. The molecule has 6 nitrogen and oxygen atoms in total. The molecule has 3 amide bonds. The second kappa shape index (κ2) is 7.95. The van der Waals surface area contributed by atoms with Crippen LogP contribution in [0, 0.1) is 9.39 Å². The Morgan fingerprint density at radius 3 is 2.74 bits per heavy atom. The Kier molecular flexibility index (Phi) is 5.64. The van der Waals surface area contributed by atoms with E-state index in [0.717, 1.165) is 4.90 Å². The van der Waals surface area contributed by atoms with Gasteiger partial charge in [0.05, 0.1) is 16.7 Å². The van der Waals surface area contributed by atoms with Crippen molar-refractivity contribution in [1.82, 2.24) is 10.2 Å². The van der Waals surface area contributed by atoms with Crippen molar-refractivity contribution in [2.75, 3.05) is 6.61 Å². The van der Waals surface area contributed by atoms with E-state index in [0.29, 0.717) is 15.7 Å². The van der Waals surface area contributed by atoms with Crippen molar-refractivity contribution in [1.29, 1.82) is 0 Å². The molecule has 0 aliphatic carbocycles. The predicted molar refractivity (Wildman–Crippen MR) is 105 cm³/mol.